The molecule has 32 heavy (non-hydrogen) atoms. The smallest absolute Gasteiger partial charge is 0.212 e. The van der Waals surface area contributed by atoms with E-state index in [0.29, 0.717) is 17.1 Å². The maximum atomic E-state index is 14.7. The number of aryl methyl sites for hydroxylation is 1. The zero-order valence-electron chi connectivity index (χ0n) is 18.6. The summed E-state index contributed by atoms with van der Waals surface area (Å²) in [6, 6.07) is 15.8. The van der Waals surface area contributed by atoms with Crippen LogP contribution in [-0.2, 0) is 12.0 Å². The molecular weight excluding hydrogens is 408 g/mol. The van der Waals surface area contributed by atoms with Gasteiger partial charge in [-0.1, -0.05) is 24.3 Å². The van der Waals surface area contributed by atoms with Gasteiger partial charge in [0.25, 0.3) is 0 Å². The minimum atomic E-state index is -0.924. The van der Waals surface area contributed by atoms with Gasteiger partial charge < -0.3 is 14.4 Å². The molecule has 0 radical (unpaired) electrons. The Kier molecular flexibility index (Phi) is 4.55. The van der Waals surface area contributed by atoms with Crippen molar-refractivity contribution in [3.8, 4) is 11.5 Å². The molecule has 0 aliphatic carbocycles. The van der Waals surface area contributed by atoms with Gasteiger partial charge in [-0.25, -0.2) is 8.78 Å². The largest absolute Gasteiger partial charge is 0.493 e. The minimum Gasteiger partial charge on any atom is -0.493 e. The lowest BCUT2D eigenvalue weighted by molar-refractivity contribution is 0.0491. The van der Waals surface area contributed by atoms with Gasteiger partial charge in [0, 0.05) is 29.4 Å². The number of hydrogen-bond donors (Lipinski definition) is 0. The molecule has 0 fully saturated rings. The summed E-state index contributed by atoms with van der Waals surface area (Å²) in [5.74, 6) is 0.149. The summed E-state index contributed by atoms with van der Waals surface area (Å²) >= 11 is 0. The topological polar surface area (TPSA) is 21.7 Å². The molecule has 1 atom stereocenters. The maximum absolute atomic E-state index is 14.7. The number of fused-ring (bicyclic) bond motifs is 2. The first kappa shape index (κ1) is 20.6. The predicted molar refractivity (Wildman–Crippen MR) is 122 cm³/mol. The van der Waals surface area contributed by atoms with Crippen LogP contribution in [0.4, 0.5) is 14.5 Å². The molecule has 0 bridgehead atoms. The number of ether oxygens (including phenoxy) is 2. The third kappa shape index (κ3) is 2.84. The van der Waals surface area contributed by atoms with Crippen LogP contribution >= 0.6 is 0 Å². The number of anilines is 1. The van der Waals surface area contributed by atoms with Crippen LogP contribution in [0.15, 0.2) is 60.7 Å². The monoisotopic (exact) mass is 433 g/mol. The number of para-hydroxylation sites is 1. The molecule has 3 nitrogen and oxygen atoms in total. The second-order valence-corrected chi connectivity index (χ2v) is 8.98. The van der Waals surface area contributed by atoms with Crippen molar-refractivity contribution in [3.63, 3.8) is 0 Å². The number of benzene rings is 3. The first-order chi connectivity index (χ1) is 15.3. The second kappa shape index (κ2) is 7.09. The summed E-state index contributed by atoms with van der Waals surface area (Å²) in [6.45, 7) is 6.49. The Morgan fingerprint density at radius 2 is 1.81 bits per heavy atom. The molecule has 0 amide bonds. The Bertz CT molecular complexity index is 1250. The number of rotatable bonds is 3. The van der Waals surface area contributed by atoms with E-state index >= 15 is 0 Å². The van der Waals surface area contributed by atoms with Gasteiger partial charge in [-0.05, 0) is 68.3 Å². The van der Waals surface area contributed by atoms with Crippen LogP contribution in [0.25, 0.3) is 6.08 Å². The maximum Gasteiger partial charge on any atom is 0.212 e. The average molecular weight is 433 g/mol. The molecule has 5 heteroatoms. The lowest BCUT2D eigenvalue weighted by Crippen LogP contribution is -2.59. The third-order valence-electron chi connectivity index (χ3n) is 6.70. The van der Waals surface area contributed by atoms with Crippen LogP contribution in [-0.4, -0.2) is 12.8 Å². The molecule has 3 aromatic carbocycles. The van der Waals surface area contributed by atoms with Crippen molar-refractivity contribution in [2.75, 3.05) is 12.0 Å². The Morgan fingerprint density at radius 1 is 1.03 bits per heavy atom. The summed E-state index contributed by atoms with van der Waals surface area (Å²) in [5.41, 5.74) is 3.08. The lowest BCUT2D eigenvalue weighted by Gasteiger charge is -2.47. The van der Waals surface area contributed by atoms with Gasteiger partial charge in [-0.15, -0.1) is 0 Å². The van der Waals surface area contributed by atoms with E-state index in [-0.39, 0.29) is 6.54 Å². The lowest BCUT2D eigenvalue weighted by atomic mass is 9.76. The predicted octanol–water partition coefficient (Wildman–Crippen LogP) is 6.38. The minimum absolute atomic E-state index is 0.223. The zero-order chi connectivity index (χ0) is 22.7. The molecule has 5 rings (SSSR count). The van der Waals surface area contributed by atoms with Crippen molar-refractivity contribution in [2.24, 2.45) is 0 Å². The van der Waals surface area contributed by atoms with Gasteiger partial charge in [0.05, 0.1) is 12.5 Å². The molecule has 0 saturated heterocycles. The molecule has 3 aromatic rings. The Labute approximate surface area is 186 Å². The summed E-state index contributed by atoms with van der Waals surface area (Å²) < 4.78 is 40.7. The van der Waals surface area contributed by atoms with Gasteiger partial charge in [0.15, 0.2) is 11.5 Å². The molecule has 2 aliphatic rings. The van der Waals surface area contributed by atoms with Gasteiger partial charge in [0.2, 0.25) is 5.72 Å². The number of methoxy groups -OCH3 is 1. The fourth-order valence-corrected chi connectivity index (χ4v) is 4.99. The van der Waals surface area contributed by atoms with E-state index in [2.05, 4.69) is 43.0 Å². The van der Waals surface area contributed by atoms with Crippen LogP contribution in [0.5, 0.6) is 11.5 Å². The van der Waals surface area contributed by atoms with Crippen LogP contribution < -0.4 is 14.4 Å². The molecule has 1 unspecified atom stereocenters. The number of halogens is 2. The van der Waals surface area contributed by atoms with Gasteiger partial charge in [0.1, 0.15) is 11.6 Å². The molecular formula is C27H25F2NO2. The number of nitrogens with zero attached hydrogens (tertiary/aromatic N) is 1. The molecule has 0 aromatic heterocycles. The van der Waals surface area contributed by atoms with Crippen molar-refractivity contribution in [2.45, 2.75) is 38.5 Å². The fourth-order valence-electron chi connectivity index (χ4n) is 4.99. The van der Waals surface area contributed by atoms with Crippen LogP contribution in [0, 0.1) is 18.6 Å². The highest BCUT2D eigenvalue weighted by Gasteiger charge is 2.59. The van der Waals surface area contributed by atoms with Gasteiger partial charge in [-0.3, -0.25) is 0 Å². The highest BCUT2D eigenvalue weighted by atomic mass is 19.1. The normalized spacial score (nSPS) is 20.1. The van der Waals surface area contributed by atoms with Crippen molar-refractivity contribution in [3.05, 3.63) is 94.6 Å². The van der Waals surface area contributed by atoms with Crippen LogP contribution in [0.3, 0.4) is 0 Å². The van der Waals surface area contributed by atoms with E-state index in [1.807, 2.05) is 31.2 Å². The molecule has 2 aliphatic heterocycles. The van der Waals surface area contributed by atoms with E-state index in [1.54, 1.807) is 7.11 Å². The molecule has 2 heterocycles. The standard InChI is InChI=1S/C27H25F2NO2/c1-17-13-18-11-12-27(32-25(18)24(14-17)31-4)26(2,3)21-7-5-6-8-23(21)30(27)16-19-9-10-20(28)15-22(19)29/h5-15H,16H2,1-4H3. The van der Waals surface area contributed by atoms with Gasteiger partial charge >= 0.3 is 0 Å². The van der Waals surface area contributed by atoms with Crippen molar-refractivity contribution in [1.82, 2.24) is 0 Å². The summed E-state index contributed by atoms with van der Waals surface area (Å²) in [6.07, 6.45) is 4.10. The van der Waals surface area contributed by atoms with Crippen molar-refractivity contribution >= 4 is 11.8 Å². The average Bonchev–Trinajstić information content (AvgIpc) is 2.94. The second-order valence-electron chi connectivity index (χ2n) is 8.98. The van der Waals surface area contributed by atoms with E-state index in [0.717, 1.165) is 28.4 Å². The van der Waals surface area contributed by atoms with E-state index in [9.17, 15) is 8.78 Å². The molecule has 164 valence electrons. The summed E-state index contributed by atoms with van der Waals surface area (Å²) in [5, 5.41) is 0. The summed E-state index contributed by atoms with van der Waals surface area (Å²) in [4.78, 5) is 2.07. The molecule has 0 N–H and O–H groups in total. The van der Waals surface area contributed by atoms with E-state index < -0.39 is 22.8 Å². The highest BCUT2D eigenvalue weighted by Crippen LogP contribution is 2.56. The van der Waals surface area contributed by atoms with Crippen LogP contribution in [0.2, 0.25) is 0 Å². The van der Waals surface area contributed by atoms with Crippen LogP contribution in [0.1, 0.15) is 36.1 Å². The SMILES string of the molecule is COc1cc(C)cc2c1OC1(C=C2)N(Cc2ccc(F)cc2F)c2ccccc2C1(C)C. The number of hydrogen-bond acceptors (Lipinski definition) is 3. The first-order valence-electron chi connectivity index (χ1n) is 10.6. The Balaban J connectivity index is 1.69. The highest BCUT2D eigenvalue weighted by molar-refractivity contribution is 5.74. The molecule has 0 saturated carbocycles. The quantitative estimate of drug-likeness (QED) is 0.478. The fraction of sp³-hybridized carbons (Fsp3) is 0.259. The van der Waals surface area contributed by atoms with E-state index in [4.69, 9.17) is 9.47 Å². The summed E-state index contributed by atoms with van der Waals surface area (Å²) in [7, 11) is 1.63. The first-order valence-corrected chi connectivity index (χ1v) is 10.6. The van der Waals surface area contributed by atoms with E-state index in [1.165, 1.54) is 12.1 Å². The Hall–Kier alpha value is -3.34. The van der Waals surface area contributed by atoms with Crippen molar-refractivity contribution < 1.29 is 18.3 Å². The van der Waals surface area contributed by atoms with Gasteiger partial charge in [-0.2, -0.15) is 0 Å². The third-order valence-corrected chi connectivity index (χ3v) is 6.70. The molecule has 1 spiro atoms. The zero-order valence-corrected chi connectivity index (χ0v) is 18.6. The van der Waals surface area contributed by atoms with Crippen molar-refractivity contribution in [1.29, 1.82) is 0 Å². The Morgan fingerprint density at radius 3 is 2.56 bits per heavy atom.